The van der Waals surface area contributed by atoms with Crippen molar-refractivity contribution in [2.45, 2.75) is 58.9 Å². The van der Waals surface area contributed by atoms with Crippen molar-refractivity contribution in [3.63, 3.8) is 0 Å². The van der Waals surface area contributed by atoms with Gasteiger partial charge in [-0.15, -0.1) is 0 Å². The van der Waals surface area contributed by atoms with E-state index < -0.39 is 5.97 Å². The number of methoxy groups -OCH3 is 2. The van der Waals surface area contributed by atoms with E-state index in [1.807, 2.05) is 90.4 Å². The number of aryl methyl sites for hydroxylation is 1. The number of aromatic nitrogens is 2. The van der Waals surface area contributed by atoms with Crippen LogP contribution < -0.4 is 25.0 Å². The Morgan fingerprint density at radius 2 is 1.14 bits per heavy atom. The van der Waals surface area contributed by atoms with E-state index in [4.69, 9.17) is 20.3 Å². The van der Waals surface area contributed by atoms with E-state index in [-0.39, 0.29) is 23.2 Å². The molecule has 6 aromatic rings. The van der Waals surface area contributed by atoms with Gasteiger partial charge in [0.25, 0.3) is 0 Å². The van der Waals surface area contributed by atoms with Crippen LogP contribution in [-0.4, -0.2) is 66.0 Å². The summed E-state index contributed by atoms with van der Waals surface area (Å²) in [5, 5.41) is 9.10. The first-order chi connectivity index (χ1) is 30.6. The van der Waals surface area contributed by atoms with Gasteiger partial charge in [-0.25, -0.2) is 4.79 Å². The van der Waals surface area contributed by atoms with E-state index in [0.29, 0.717) is 55.8 Å². The van der Waals surface area contributed by atoms with Crippen molar-refractivity contribution in [3.05, 3.63) is 155 Å². The zero-order chi connectivity index (χ0) is 44.9. The molecule has 2 aliphatic rings. The molecular formula is C51H53N5O7. The van der Waals surface area contributed by atoms with Crippen LogP contribution in [0.3, 0.4) is 0 Å². The van der Waals surface area contributed by atoms with Crippen LogP contribution in [0.4, 0.5) is 11.4 Å². The third-order valence-corrected chi connectivity index (χ3v) is 11.1. The maximum atomic E-state index is 12.7. The molecule has 0 fully saturated rings. The Morgan fingerprint density at radius 1 is 0.651 bits per heavy atom. The Hall–Kier alpha value is -7.18. The van der Waals surface area contributed by atoms with Gasteiger partial charge >= 0.3 is 5.97 Å². The number of fused-ring (bicyclic) bond motifs is 2. The number of Topliss-reactive ketones (excluding diaryl/α,β-unsaturated/α-hetero) is 1. The van der Waals surface area contributed by atoms with Gasteiger partial charge in [0.1, 0.15) is 11.5 Å². The average molecular weight is 848 g/mol. The number of hydrogen-bond donors (Lipinski definition) is 2. The standard InChI is InChI=1S/C26H26N2O3.C19H19NO4.C6H8N2/c1-3-26(30)28-14-12-20-15-19(8-10-23(20)28)22-9-7-21(16-25(22)31-2)24(29)11-6-18-5-4-13-27-17-18;1-3-18(21)20-9-8-13-10-12(5-7-16(13)20)15-6-4-14(19(22)23)11-17(15)24-2;7-4-6-2-1-3-8-5-6/h4-5,7-10,13,15-17H,3,6,11-12,14H2,1-2H3;4-7,10-11H,3,8-9H2,1-2H3,(H,22,23);1-3,5H,4,7H2. The number of amides is 2. The van der Waals surface area contributed by atoms with Gasteiger partial charge in [0, 0.05) is 91.7 Å². The SMILES string of the molecule is CCC(=O)N1CCc2cc(-c3ccc(C(=O)CCc4cccnc4)cc3OC)ccc21.CCC(=O)N1CCc2cc(-c3ccc(C(=O)O)cc3OC)ccc21.NCc1cccnc1. The van der Waals surface area contributed by atoms with Crippen molar-refractivity contribution in [2.24, 2.45) is 5.73 Å². The number of carbonyl (C=O) groups excluding carboxylic acids is 3. The number of benzene rings is 4. The Kier molecular flexibility index (Phi) is 15.5. The molecule has 63 heavy (non-hydrogen) atoms. The minimum atomic E-state index is -0.984. The van der Waals surface area contributed by atoms with Crippen LogP contribution in [0.5, 0.6) is 11.5 Å². The van der Waals surface area contributed by atoms with E-state index in [1.54, 1.807) is 44.0 Å². The molecule has 12 nitrogen and oxygen atoms in total. The average Bonchev–Trinajstić information content (AvgIpc) is 3.97. The fourth-order valence-corrected chi connectivity index (χ4v) is 7.67. The minimum Gasteiger partial charge on any atom is -0.496 e. The summed E-state index contributed by atoms with van der Waals surface area (Å²) in [5.41, 5.74) is 16.3. The highest BCUT2D eigenvalue weighted by Gasteiger charge is 2.26. The van der Waals surface area contributed by atoms with Gasteiger partial charge in [-0.1, -0.05) is 44.2 Å². The highest BCUT2D eigenvalue weighted by Crippen LogP contribution is 2.38. The summed E-state index contributed by atoms with van der Waals surface area (Å²) in [6, 6.07) is 30.3. The van der Waals surface area contributed by atoms with Crippen LogP contribution in [0.1, 0.15) is 76.1 Å². The number of ketones is 1. The van der Waals surface area contributed by atoms with Gasteiger partial charge in [-0.3, -0.25) is 24.4 Å². The molecule has 12 heteroatoms. The second-order valence-electron chi connectivity index (χ2n) is 15.0. The third-order valence-electron chi connectivity index (χ3n) is 11.1. The van der Waals surface area contributed by atoms with Crippen LogP contribution in [0, 0.1) is 0 Å². The largest absolute Gasteiger partial charge is 0.496 e. The van der Waals surface area contributed by atoms with Crippen LogP contribution in [0.2, 0.25) is 0 Å². The second-order valence-corrected chi connectivity index (χ2v) is 15.0. The number of carbonyl (C=O) groups is 4. The Labute approximate surface area is 368 Å². The van der Waals surface area contributed by atoms with E-state index in [9.17, 15) is 19.2 Å². The lowest BCUT2D eigenvalue weighted by Gasteiger charge is -2.17. The minimum absolute atomic E-state index is 0.0800. The smallest absolute Gasteiger partial charge is 0.335 e. The molecule has 324 valence electrons. The molecule has 0 aliphatic carbocycles. The van der Waals surface area contributed by atoms with Crippen molar-refractivity contribution in [1.82, 2.24) is 9.97 Å². The van der Waals surface area contributed by atoms with Crippen molar-refractivity contribution < 1.29 is 33.8 Å². The lowest BCUT2D eigenvalue weighted by atomic mass is 9.97. The number of hydrogen-bond acceptors (Lipinski definition) is 9. The summed E-state index contributed by atoms with van der Waals surface area (Å²) >= 11 is 0. The number of pyridine rings is 2. The lowest BCUT2D eigenvalue weighted by Crippen LogP contribution is -2.27. The zero-order valence-electron chi connectivity index (χ0n) is 36.2. The number of ether oxygens (including phenoxy) is 2. The van der Waals surface area contributed by atoms with E-state index in [2.05, 4.69) is 22.1 Å². The molecule has 3 N–H and O–H groups in total. The molecule has 2 aliphatic heterocycles. The predicted molar refractivity (Wildman–Crippen MR) is 246 cm³/mol. The molecule has 4 heterocycles. The maximum absolute atomic E-state index is 12.7. The number of aromatic carboxylic acids is 1. The van der Waals surface area contributed by atoms with Crippen LogP contribution in [-0.2, 0) is 35.4 Å². The van der Waals surface area contributed by atoms with Crippen molar-refractivity contribution in [2.75, 3.05) is 37.1 Å². The number of nitrogens with two attached hydrogens (primary N) is 1. The van der Waals surface area contributed by atoms with Crippen LogP contribution >= 0.6 is 0 Å². The Bertz CT molecular complexity index is 2560. The first-order valence-corrected chi connectivity index (χ1v) is 21.1. The summed E-state index contributed by atoms with van der Waals surface area (Å²) in [5.74, 6) is 0.572. The molecular weight excluding hydrogens is 795 g/mol. The topological polar surface area (TPSA) is 165 Å². The second kappa shape index (κ2) is 21.6. The fraction of sp³-hybridized carbons (Fsp3) is 0.255. The van der Waals surface area contributed by atoms with Gasteiger partial charge in [0.2, 0.25) is 11.8 Å². The summed E-state index contributed by atoms with van der Waals surface area (Å²) < 4.78 is 11.0. The number of carboxylic acid groups (broad SMARTS) is 1. The molecule has 8 rings (SSSR count). The Morgan fingerprint density at radius 3 is 1.57 bits per heavy atom. The van der Waals surface area contributed by atoms with Crippen LogP contribution in [0.15, 0.2) is 122 Å². The molecule has 0 unspecified atom stereocenters. The molecule has 0 radical (unpaired) electrons. The van der Waals surface area contributed by atoms with Gasteiger partial charge < -0.3 is 30.1 Å². The summed E-state index contributed by atoms with van der Waals surface area (Å²) in [4.78, 5) is 59.6. The third kappa shape index (κ3) is 11.0. The van der Waals surface area contributed by atoms with E-state index in [0.717, 1.165) is 75.3 Å². The predicted octanol–water partition coefficient (Wildman–Crippen LogP) is 8.77. The number of carboxylic acids is 1. The maximum Gasteiger partial charge on any atom is 0.335 e. The highest BCUT2D eigenvalue weighted by atomic mass is 16.5. The molecule has 0 bridgehead atoms. The Balaban J connectivity index is 0.000000182. The first kappa shape index (κ1) is 45.3. The molecule has 0 saturated heterocycles. The molecule has 0 spiro atoms. The van der Waals surface area contributed by atoms with E-state index >= 15 is 0 Å². The molecule has 0 saturated carbocycles. The van der Waals surface area contributed by atoms with Gasteiger partial charge in [0.05, 0.1) is 19.8 Å². The van der Waals surface area contributed by atoms with Crippen molar-refractivity contribution >= 4 is 34.9 Å². The summed E-state index contributed by atoms with van der Waals surface area (Å²) in [6.07, 6.45) is 10.8. The van der Waals surface area contributed by atoms with Gasteiger partial charge in [0.15, 0.2) is 5.78 Å². The monoisotopic (exact) mass is 847 g/mol. The normalized spacial score (nSPS) is 12.2. The number of anilines is 2. The quantitative estimate of drug-likeness (QED) is 0.114. The van der Waals surface area contributed by atoms with Crippen molar-refractivity contribution in [3.8, 4) is 33.8 Å². The zero-order valence-corrected chi connectivity index (χ0v) is 36.2. The summed E-state index contributed by atoms with van der Waals surface area (Å²) in [6.45, 7) is 5.77. The molecule has 2 aromatic heterocycles. The van der Waals surface area contributed by atoms with Gasteiger partial charge in [-0.05, 0) is 119 Å². The molecule has 0 atom stereocenters. The number of nitrogens with zero attached hydrogens (tertiary/aromatic N) is 4. The molecule has 2 amide bonds. The number of rotatable bonds is 12. The van der Waals surface area contributed by atoms with Crippen molar-refractivity contribution in [1.29, 1.82) is 0 Å². The fourth-order valence-electron chi connectivity index (χ4n) is 7.67. The van der Waals surface area contributed by atoms with Gasteiger partial charge in [-0.2, -0.15) is 0 Å². The first-order valence-electron chi connectivity index (χ1n) is 21.1. The van der Waals surface area contributed by atoms with Crippen LogP contribution in [0.25, 0.3) is 22.3 Å². The lowest BCUT2D eigenvalue weighted by molar-refractivity contribution is -0.119. The molecule has 4 aromatic carbocycles. The van der Waals surface area contributed by atoms with E-state index in [1.165, 1.54) is 13.2 Å². The summed E-state index contributed by atoms with van der Waals surface area (Å²) in [7, 11) is 3.15. The highest BCUT2D eigenvalue weighted by molar-refractivity contribution is 5.99.